The van der Waals surface area contributed by atoms with Crippen molar-refractivity contribution in [2.45, 2.75) is 0 Å². The molecule has 0 saturated carbocycles. The normalized spacial score (nSPS) is 10.7. The van der Waals surface area contributed by atoms with Gasteiger partial charge in [-0.25, -0.2) is 9.97 Å². The van der Waals surface area contributed by atoms with Gasteiger partial charge in [0.2, 0.25) is 0 Å². The third-order valence-electron chi connectivity index (χ3n) is 16.6. The van der Waals surface area contributed by atoms with E-state index in [1.54, 1.807) is 72.8 Å². The minimum absolute atomic E-state index is 0.271. The monoisotopic (exact) mass is 1170 g/mol. The summed E-state index contributed by atoms with van der Waals surface area (Å²) < 4.78 is 4.17. The molecular weight excluding hydrogens is 1130 g/mol. The summed E-state index contributed by atoms with van der Waals surface area (Å²) in [4.78, 5) is 11.1. The molecule has 3 aromatic heterocycles. The molecular formula is C79H37N13. The molecule has 14 aromatic rings. The van der Waals surface area contributed by atoms with Gasteiger partial charge in [-0.3, -0.25) is 0 Å². The first-order valence-electron chi connectivity index (χ1n) is 28.7. The Morgan fingerprint density at radius 1 is 0.250 bits per heavy atom. The van der Waals surface area contributed by atoms with Crippen LogP contribution in [-0.4, -0.2) is 19.1 Å². The van der Waals surface area contributed by atoms with E-state index in [2.05, 4.69) is 63.8 Å². The van der Waals surface area contributed by atoms with E-state index in [0.29, 0.717) is 145 Å². The van der Waals surface area contributed by atoms with Crippen LogP contribution >= 0.6 is 0 Å². The Morgan fingerprint density at radius 3 is 0.815 bits per heavy atom. The summed E-state index contributed by atoms with van der Waals surface area (Å²) in [6, 6.07) is 89.0. The molecule has 0 aliphatic carbocycles. The van der Waals surface area contributed by atoms with Gasteiger partial charge in [0.25, 0.3) is 0 Å². The van der Waals surface area contributed by atoms with Crippen molar-refractivity contribution in [1.82, 2.24) is 19.1 Å². The summed E-state index contributed by atoms with van der Waals surface area (Å²) in [7, 11) is 0. The first kappa shape index (κ1) is 55.4. The number of benzene rings is 11. The fourth-order valence-corrected chi connectivity index (χ4v) is 12.4. The molecule has 0 unspecified atom stereocenters. The van der Waals surface area contributed by atoms with Crippen LogP contribution < -0.4 is 0 Å². The largest absolute Gasteiger partial charge is 0.308 e. The summed E-state index contributed by atoms with van der Waals surface area (Å²) >= 11 is 0. The van der Waals surface area contributed by atoms with Crippen molar-refractivity contribution in [3.63, 3.8) is 0 Å². The topological polar surface area (TPSA) is 250 Å². The van der Waals surface area contributed by atoms with Crippen molar-refractivity contribution >= 4 is 43.6 Å². The van der Waals surface area contributed by atoms with Crippen molar-refractivity contribution in [2.75, 3.05) is 0 Å². The molecule has 0 aliphatic heterocycles. The van der Waals surface area contributed by atoms with Crippen molar-refractivity contribution in [2.24, 2.45) is 0 Å². The van der Waals surface area contributed by atoms with Crippen LogP contribution in [0.1, 0.15) is 50.1 Å². The molecule has 92 heavy (non-hydrogen) atoms. The Balaban J connectivity index is 1.14. The Hall–Kier alpha value is -14.5. The Morgan fingerprint density at radius 2 is 0.543 bits per heavy atom. The summed E-state index contributed by atoms with van der Waals surface area (Å²) in [5.41, 5.74) is 15.1. The maximum Gasteiger partial charge on any atom is 0.164 e. The summed E-state index contributed by atoms with van der Waals surface area (Å²) in [6.45, 7) is 0. The number of fused-ring (bicyclic) bond motifs is 6. The lowest BCUT2D eigenvalue weighted by atomic mass is 9.95. The van der Waals surface area contributed by atoms with E-state index in [0.717, 1.165) is 32.7 Å². The fourth-order valence-electron chi connectivity index (χ4n) is 12.4. The molecule has 11 aromatic carbocycles. The average Bonchev–Trinajstić information content (AvgIpc) is 1.52. The van der Waals surface area contributed by atoms with Crippen LogP contribution in [0.4, 0.5) is 0 Å². The maximum absolute atomic E-state index is 11.5. The number of hydrogen-bond acceptors (Lipinski definition) is 11. The van der Waals surface area contributed by atoms with E-state index in [1.165, 1.54) is 0 Å². The molecule has 0 aliphatic rings. The number of aromatic nitrogens is 4. The molecule has 14 rings (SSSR count). The summed E-state index contributed by atoms with van der Waals surface area (Å²) in [6.07, 6.45) is 0. The number of nitrogens with zero attached hydrogens (tertiary/aromatic N) is 13. The van der Waals surface area contributed by atoms with Gasteiger partial charge in [-0.1, -0.05) is 109 Å². The maximum atomic E-state index is 11.5. The van der Waals surface area contributed by atoms with Crippen LogP contribution in [0.3, 0.4) is 0 Å². The quantitative estimate of drug-likeness (QED) is 0.131. The second kappa shape index (κ2) is 22.7. The Kier molecular flexibility index (Phi) is 13.7. The molecule has 13 heteroatoms. The third-order valence-corrected chi connectivity index (χ3v) is 16.6. The van der Waals surface area contributed by atoms with Crippen LogP contribution in [0.5, 0.6) is 0 Å². The van der Waals surface area contributed by atoms with Gasteiger partial charge >= 0.3 is 0 Å². The van der Waals surface area contributed by atoms with E-state index in [9.17, 15) is 47.4 Å². The SMILES string of the molecule is N#Cc1ccc(-c2ccc3c(c2)c2cc(-c4ccc(C#N)cc4C#N)ccc2n3-c2cc(C#N)cc(-n3c4ccc(-c5ccc(C#N)cc5C#N)cc4c4cc(-c5ccc(C#N)cc5C#N)ccc43)c2-c2nc(-c3ccccc3)cc(-c3ccccc3)n2)c(C#N)c1. The molecule has 0 amide bonds. The second-order valence-corrected chi connectivity index (χ2v) is 21.7. The molecule has 0 spiro atoms. The average molecular weight is 1170 g/mol. The highest BCUT2D eigenvalue weighted by atomic mass is 15.0. The lowest BCUT2D eigenvalue weighted by molar-refractivity contribution is 1.10. The molecule has 3 heterocycles. The van der Waals surface area contributed by atoms with E-state index < -0.39 is 0 Å². The molecule has 0 radical (unpaired) electrons. The van der Waals surface area contributed by atoms with Crippen molar-refractivity contribution in [1.29, 1.82) is 47.4 Å². The van der Waals surface area contributed by atoms with Crippen LogP contribution in [0.2, 0.25) is 0 Å². The predicted octanol–water partition coefficient (Wildman–Crippen LogP) is 17.2. The van der Waals surface area contributed by atoms with Gasteiger partial charge in [0.05, 0.1) is 155 Å². The highest BCUT2D eigenvalue weighted by Crippen LogP contribution is 2.46. The van der Waals surface area contributed by atoms with Crippen molar-refractivity contribution in [3.8, 4) is 144 Å². The minimum Gasteiger partial charge on any atom is -0.308 e. The third kappa shape index (κ3) is 9.37. The lowest BCUT2D eigenvalue weighted by Gasteiger charge is -2.21. The van der Waals surface area contributed by atoms with Crippen LogP contribution in [0.15, 0.2) is 224 Å². The fraction of sp³-hybridized carbons (Fsp3) is 0. The lowest BCUT2D eigenvalue weighted by Crippen LogP contribution is -2.08. The molecule has 0 N–H and O–H groups in total. The Labute approximate surface area is 526 Å². The van der Waals surface area contributed by atoms with Gasteiger partial charge in [0, 0.05) is 32.7 Å². The van der Waals surface area contributed by atoms with E-state index in [-0.39, 0.29) is 5.56 Å². The van der Waals surface area contributed by atoms with E-state index in [1.807, 2.05) is 152 Å². The Bertz CT molecular complexity index is 5330. The predicted molar refractivity (Wildman–Crippen MR) is 351 cm³/mol. The molecule has 0 saturated heterocycles. The van der Waals surface area contributed by atoms with Crippen molar-refractivity contribution < 1.29 is 0 Å². The van der Waals surface area contributed by atoms with Gasteiger partial charge in [-0.2, -0.15) is 47.4 Å². The van der Waals surface area contributed by atoms with Gasteiger partial charge in [-0.15, -0.1) is 0 Å². The minimum atomic E-state index is 0.271. The molecule has 0 atom stereocenters. The van der Waals surface area contributed by atoms with Crippen LogP contribution in [0.25, 0.3) is 133 Å². The summed E-state index contributed by atoms with van der Waals surface area (Å²) in [5.74, 6) is 0.297. The zero-order valence-corrected chi connectivity index (χ0v) is 48.2. The number of rotatable bonds is 9. The molecule has 418 valence electrons. The van der Waals surface area contributed by atoms with E-state index >= 15 is 0 Å². The van der Waals surface area contributed by atoms with Gasteiger partial charge < -0.3 is 9.13 Å². The summed E-state index contributed by atoms with van der Waals surface area (Å²) in [5, 5.41) is 95.9. The number of nitriles is 9. The van der Waals surface area contributed by atoms with E-state index in [4.69, 9.17) is 9.97 Å². The first-order chi connectivity index (χ1) is 45.2. The van der Waals surface area contributed by atoms with Gasteiger partial charge in [0.1, 0.15) is 0 Å². The molecule has 0 fully saturated rings. The smallest absolute Gasteiger partial charge is 0.164 e. The second-order valence-electron chi connectivity index (χ2n) is 21.7. The highest BCUT2D eigenvalue weighted by Gasteiger charge is 2.28. The highest BCUT2D eigenvalue weighted by molar-refractivity contribution is 6.15. The molecule has 13 nitrogen and oxygen atoms in total. The van der Waals surface area contributed by atoms with Crippen molar-refractivity contribution in [3.05, 3.63) is 275 Å². The van der Waals surface area contributed by atoms with Gasteiger partial charge in [-0.05, 0) is 160 Å². The van der Waals surface area contributed by atoms with Gasteiger partial charge in [0.15, 0.2) is 5.82 Å². The standard InChI is InChI=1S/C79H37N13/c80-38-47-11-19-62(58(27-47)43-85)54-15-23-72-66(33-54)67-34-55(63-20-12-48(39-81)28-59(63)44-86)16-24-73(67)91(72)76-31-51(42-84)32-77(78(76)79-89-70(52-7-3-1-4-8-52)37-71(90-79)53-9-5-2-6-10-53)92-74-25-17-56(64-21-13-49(40-82)29-60(64)45-87)35-68(74)69-36-57(18-26-75(69)92)65-22-14-50(41-83)30-61(65)46-88/h1-37H. The zero-order valence-electron chi connectivity index (χ0n) is 48.2. The number of hydrogen-bond donors (Lipinski definition) is 0. The first-order valence-corrected chi connectivity index (χ1v) is 28.7. The molecule has 0 bridgehead atoms. The zero-order chi connectivity index (χ0) is 63.1. The van der Waals surface area contributed by atoms with Crippen LogP contribution in [0, 0.1) is 102 Å². The van der Waals surface area contributed by atoms with Crippen LogP contribution in [-0.2, 0) is 0 Å².